The Bertz CT molecular complexity index is 789. The molecule has 0 aliphatic rings. The zero-order valence-electron chi connectivity index (χ0n) is 11.6. The molecule has 116 valence electrons. The highest BCUT2D eigenvalue weighted by Crippen LogP contribution is 2.24. The number of benzene rings is 1. The van der Waals surface area contributed by atoms with Crippen molar-refractivity contribution in [2.24, 2.45) is 0 Å². The van der Waals surface area contributed by atoms with Gasteiger partial charge in [-0.2, -0.15) is 5.10 Å². The van der Waals surface area contributed by atoms with Crippen molar-refractivity contribution in [1.82, 2.24) is 15.2 Å². The number of anilines is 1. The van der Waals surface area contributed by atoms with E-state index in [1.54, 1.807) is 24.3 Å². The van der Waals surface area contributed by atoms with Gasteiger partial charge in [0.2, 0.25) is 5.91 Å². The molecule has 0 aliphatic carbocycles. The zero-order chi connectivity index (χ0) is 16.1. The van der Waals surface area contributed by atoms with Gasteiger partial charge in [0.1, 0.15) is 0 Å². The minimum Gasteiger partial charge on any atom is -0.324 e. The number of H-pyrrole nitrogens is 2. The molecule has 7 nitrogen and oxygen atoms in total. The SMILES string of the molecule is CCC(Sc1n[nH]c(=O)[nH]c1=O)C(=O)Nc1ccccc1Cl. The molecule has 0 bridgehead atoms. The number of carbonyl (C=O) groups excluding carboxylic acids is 1. The van der Waals surface area contributed by atoms with Crippen LogP contribution in [0.25, 0.3) is 0 Å². The van der Waals surface area contributed by atoms with Crippen LogP contribution in [0, 0.1) is 0 Å². The summed E-state index contributed by atoms with van der Waals surface area (Å²) in [5.41, 5.74) is -0.822. The molecule has 1 atom stereocenters. The van der Waals surface area contributed by atoms with Gasteiger partial charge in [-0.25, -0.2) is 9.89 Å². The molecular formula is C13H13ClN4O3S. The molecule has 0 spiro atoms. The van der Waals surface area contributed by atoms with Crippen molar-refractivity contribution in [3.8, 4) is 0 Å². The molecular weight excluding hydrogens is 328 g/mol. The van der Waals surface area contributed by atoms with E-state index in [9.17, 15) is 14.4 Å². The van der Waals surface area contributed by atoms with Gasteiger partial charge in [-0.15, -0.1) is 0 Å². The molecule has 1 aromatic heterocycles. The maximum Gasteiger partial charge on any atom is 0.342 e. The van der Waals surface area contributed by atoms with E-state index in [1.165, 1.54) is 0 Å². The third-order valence-corrected chi connectivity index (χ3v) is 4.39. The van der Waals surface area contributed by atoms with Gasteiger partial charge in [-0.3, -0.25) is 14.6 Å². The van der Waals surface area contributed by atoms with Crippen molar-refractivity contribution >= 4 is 35.0 Å². The normalized spacial score (nSPS) is 11.9. The van der Waals surface area contributed by atoms with Crippen LogP contribution in [0.15, 0.2) is 38.9 Å². The lowest BCUT2D eigenvalue weighted by molar-refractivity contribution is -0.115. The van der Waals surface area contributed by atoms with Crippen molar-refractivity contribution in [1.29, 1.82) is 0 Å². The first kappa shape index (κ1) is 16.3. The summed E-state index contributed by atoms with van der Waals surface area (Å²) in [7, 11) is 0. The molecule has 0 aliphatic heterocycles. The standard InChI is InChI=1S/C13H13ClN4O3S/c1-2-9(22-12-11(20)16-13(21)18-17-12)10(19)15-8-6-4-3-5-7(8)14/h3-6,9H,2H2,1H3,(H,15,19)(H2,16,18,20,21). The number of halogens is 1. The summed E-state index contributed by atoms with van der Waals surface area (Å²) in [6, 6.07) is 6.86. The van der Waals surface area contributed by atoms with Crippen LogP contribution in [0.1, 0.15) is 13.3 Å². The second-order valence-electron chi connectivity index (χ2n) is 4.30. The number of para-hydroxylation sites is 1. The van der Waals surface area contributed by atoms with Crippen LogP contribution in [0.5, 0.6) is 0 Å². The Morgan fingerprint density at radius 2 is 2.14 bits per heavy atom. The Balaban J connectivity index is 2.14. The van der Waals surface area contributed by atoms with Gasteiger partial charge in [0, 0.05) is 0 Å². The number of rotatable bonds is 5. The van der Waals surface area contributed by atoms with E-state index >= 15 is 0 Å². The second-order valence-corrected chi connectivity index (χ2v) is 5.89. The fourth-order valence-corrected chi connectivity index (χ4v) is 2.69. The van der Waals surface area contributed by atoms with Crippen LogP contribution in [-0.2, 0) is 4.79 Å². The molecule has 22 heavy (non-hydrogen) atoms. The largest absolute Gasteiger partial charge is 0.342 e. The maximum absolute atomic E-state index is 12.3. The molecule has 9 heteroatoms. The third kappa shape index (κ3) is 3.99. The average Bonchev–Trinajstić information content (AvgIpc) is 2.49. The molecule has 1 amide bonds. The van der Waals surface area contributed by atoms with E-state index in [4.69, 9.17) is 11.6 Å². The van der Waals surface area contributed by atoms with Gasteiger partial charge < -0.3 is 5.32 Å². The van der Waals surface area contributed by atoms with Gasteiger partial charge in [0.15, 0.2) is 5.03 Å². The van der Waals surface area contributed by atoms with Gasteiger partial charge in [0.25, 0.3) is 5.56 Å². The van der Waals surface area contributed by atoms with Crippen molar-refractivity contribution in [3.05, 3.63) is 50.1 Å². The van der Waals surface area contributed by atoms with Gasteiger partial charge in [-0.1, -0.05) is 42.4 Å². The Labute approximate surface area is 134 Å². The van der Waals surface area contributed by atoms with Crippen LogP contribution >= 0.6 is 23.4 Å². The van der Waals surface area contributed by atoms with E-state index < -0.39 is 16.5 Å². The lowest BCUT2D eigenvalue weighted by atomic mass is 10.2. The fraction of sp³-hybridized carbons (Fsp3) is 0.231. The molecule has 0 saturated heterocycles. The van der Waals surface area contributed by atoms with Crippen molar-refractivity contribution < 1.29 is 4.79 Å². The summed E-state index contributed by atoms with van der Waals surface area (Å²) in [5.74, 6) is -0.298. The van der Waals surface area contributed by atoms with Crippen LogP contribution < -0.4 is 16.6 Å². The number of hydrogen-bond donors (Lipinski definition) is 3. The fourth-order valence-electron chi connectivity index (χ4n) is 1.65. The van der Waals surface area contributed by atoms with Crippen molar-refractivity contribution in [2.75, 3.05) is 5.32 Å². The summed E-state index contributed by atoms with van der Waals surface area (Å²) in [6.45, 7) is 1.81. The van der Waals surface area contributed by atoms with E-state index in [-0.39, 0.29) is 10.9 Å². The molecule has 3 N–H and O–H groups in total. The molecule has 0 fully saturated rings. The van der Waals surface area contributed by atoms with E-state index in [2.05, 4.69) is 20.5 Å². The molecule has 0 saturated carbocycles. The third-order valence-electron chi connectivity index (χ3n) is 2.73. The van der Waals surface area contributed by atoms with Crippen LogP contribution in [0.4, 0.5) is 5.69 Å². The maximum atomic E-state index is 12.3. The lowest BCUT2D eigenvalue weighted by Crippen LogP contribution is -2.29. The summed E-state index contributed by atoms with van der Waals surface area (Å²) < 4.78 is 0. The Hall–Kier alpha value is -2.06. The van der Waals surface area contributed by atoms with Crippen molar-refractivity contribution in [2.45, 2.75) is 23.6 Å². The smallest absolute Gasteiger partial charge is 0.324 e. The highest BCUT2D eigenvalue weighted by atomic mass is 35.5. The lowest BCUT2D eigenvalue weighted by Gasteiger charge is -2.14. The first-order chi connectivity index (χ1) is 10.5. The molecule has 1 heterocycles. The summed E-state index contributed by atoms with van der Waals surface area (Å²) in [6.07, 6.45) is 0.473. The first-order valence-electron chi connectivity index (χ1n) is 6.42. The van der Waals surface area contributed by atoms with Crippen LogP contribution in [0.2, 0.25) is 5.02 Å². The van der Waals surface area contributed by atoms with Gasteiger partial charge in [-0.05, 0) is 18.6 Å². The number of aromatic nitrogens is 3. The van der Waals surface area contributed by atoms with Crippen LogP contribution in [0.3, 0.4) is 0 Å². The highest BCUT2D eigenvalue weighted by molar-refractivity contribution is 8.00. The van der Waals surface area contributed by atoms with E-state index in [1.807, 2.05) is 6.92 Å². The molecule has 1 aromatic carbocycles. The number of hydrogen-bond acceptors (Lipinski definition) is 5. The number of aromatic amines is 2. The molecule has 0 radical (unpaired) electrons. The molecule has 2 aromatic rings. The predicted octanol–water partition coefficient (Wildman–Crippen LogP) is 1.62. The monoisotopic (exact) mass is 340 g/mol. The Morgan fingerprint density at radius 3 is 2.77 bits per heavy atom. The van der Waals surface area contributed by atoms with Gasteiger partial charge >= 0.3 is 5.69 Å². The average molecular weight is 341 g/mol. The number of nitrogens with one attached hydrogen (secondary N) is 3. The van der Waals surface area contributed by atoms with E-state index in [0.717, 1.165) is 11.8 Å². The zero-order valence-corrected chi connectivity index (χ0v) is 13.1. The molecule has 2 rings (SSSR count). The van der Waals surface area contributed by atoms with Crippen molar-refractivity contribution in [3.63, 3.8) is 0 Å². The first-order valence-corrected chi connectivity index (χ1v) is 7.68. The minimum atomic E-state index is -0.692. The van der Waals surface area contributed by atoms with Crippen LogP contribution in [-0.4, -0.2) is 26.3 Å². The summed E-state index contributed by atoms with van der Waals surface area (Å²) in [5, 5.41) is 8.40. The topological polar surface area (TPSA) is 108 Å². The summed E-state index contributed by atoms with van der Waals surface area (Å²) in [4.78, 5) is 36.9. The highest BCUT2D eigenvalue weighted by Gasteiger charge is 2.21. The number of nitrogens with zero attached hydrogens (tertiary/aromatic N) is 1. The minimum absolute atomic E-state index is 0.0285. The Kier molecular flexibility index (Phi) is 5.40. The quantitative estimate of drug-likeness (QED) is 0.717. The number of carbonyl (C=O) groups is 1. The Morgan fingerprint density at radius 1 is 1.41 bits per heavy atom. The predicted molar refractivity (Wildman–Crippen MR) is 85.5 cm³/mol. The van der Waals surface area contributed by atoms with Gasteiger partial charge in [0.05, 0.1) is 16.0 Å². The van der Waals surface area contributed by atoms with E-state index in [0.29, 0.717) is 17.1 Å². The molecule has 1 unspecified atom stereocenters. The number of amides is 1. The number of thioether (sulfide) groups is 1. The summed E-state index contributed by atoms with van der Waals surface area (Å²) >= 11 is 6.97. The second kappa shape index (κ2) is 7.28.